The van der Waals surface area contributed by atoms with E-state index in [-0.39, 0.29) is 24.3 Å². The van der Waals surface area contributed by atoms with Gasteiger partial charge >= 0.3 is 6.18 Å². The van der Waals surface area contributed by atoms with Gasteiger partial charge in [0.2, 0.25) is 0 Å². The van der Waals surface area contributed by atoms with Crippen LogP contribution in [0, 0.1) is 6.92 Å². The van der Waals surface area contributed by atoms with Crippen LogP contribution in [-0.2, 0) is 6.18 Å². The fourth-order valence-electron chi connectivity index (χ4n) is 3.10. The summed E-state index contributed by atoms with van der Waals surface area (Å²) < 4.78 is 45.0. The number of amides is 1. The number of likely N-dealkylation sites (tertiary alicyclic amines) is 1. The lowest BCUT2D eigenvalue weighted by Crippen LogP contribution is -2.32. The molecule has 1 N–H and O–H groups in total. The van der Waals surface area contributed by atoms with Crippen molar-refractivity contribution in [2.24, 2.45) is 0 Å². The van der Waals surface area contributed by atoms with Gasteiger partial charge in [0.1, 0.15) is 0 Å². The quantitative estimate of drug-likeness (QED) is 0.910. The molecule has 7 heteroatoms. The van der Waals surface area contributed by atoms with Crippen LogP contribution >= 0.6 is 0 Å². The second-order valence-corrected chi connectivity index (χ2v) is 5.88. The predicted molar refractivity (Wildman–Crippen MR) is 79.3 cm³/mol. The van der Waals surface area contributed by atoms with Crippen molar-refractivity contribution in [2.45, 2.75) is 31.7 Å². The van der Waals surface area contributed by atoms with Crippen molar-refractivity contribution >= 4 is 5.91 Å². The lowest BCUT2D eigenvalue weighted by Gasteiger charge is -2.26. The summed E-state index contributed by atoms with van der Waals surface area (Å²) in [6, 6.07) is 5.89. The molecule has 0 bridgehead atoms. The molecule has 0 aliphatic carbocycles. The maximum atomic E-state index is 13.3. The van der Waals surface area contributed by atoms with E-state index in [1.807, 2.05) is 0 Å². The first-order valence-electron chi connectivity index (χ1n) is 7.48. The van der Waals surface area contributed by atoms with Crippen molar-refractivity contribution in [2.75, 3.05) is 6.54 Å². The Morgan fingerprint density at radius 3 is 2.62 bits per heavy atom. The molecule has 2 heterocycles. The van der Waals surface area contributed by atoms with Gasteiger partial charge in [0.05, 0.1) is 24.0 Å². The second-order valence-electron chi connectivity index (χ2n) is 5.88. The van der Waals surface area contributed by atoms with Gasteiger partial charge in [0.25, 0.3) is 5.91 Å². The number of aryl methyl sites for hydroxylation is 1. The number of aliphatic hydroxyl groups excluding tert-OH is 1. The number of rotatable bonds is 2. The zero-order valence-electron chi connectivity index (χ0n) is 12.9. The standard InChI is InChI=1S/C17H16F3NO3/c1-10-6-7-24-15(10)16(23)21-9-11(22)8-14(21)12-4-2-3-5-13(12)17(18,19)20/h2-7,11,14,22H,8-9H2,1H3/t11-,14+/m1/s1. The Morgan fingerprint density at radius 1 is 1.29 bits per heavy atom. The summed E-state index contributed by atoms with van der Waals surface area (Å²) in [6.07, 6.45) is -4.00. The molecule has 3 rings (SSSR count). The summed E-state index contributed by atoms with van der Waals surface area (Å²) >= 11 is 0. The smallest absolute Gasteiger partial charge is 0.416 e. The van der Waals surface area contributed by atoms with Crippen LogP contribution in [0.15, 0.2) is 41.0 Å². The Labute approximate surface area is 136 Å². The Bertz CT molecular complexity index is 754. The monoisotopic (exact) mass is 339 g/mol. The molecule has 1 aliphatic rings. The Hall–Kier alpha value is -2.28. The van der Waals surface area contributed by atoms with E-state index >= 15 is 0 Å². The Morgan fingerprint density at radius 2 is 2.00 bits per heavy atom. The molecule has 24 heavy (non-hydrogen) atoms. The lowest BCUT2D eigenvalue weighted by atomic mass is 9.97. The average molecular weight is 339 g/mol. The number of hydrogen-bond acceptors (Lipinski definition) is 3. The van der Waals surface area contributed by atoms with Gasteiger partial charge in [-0.1, -0.05) is 18.2 Å². The van der Waals surface area contributed by atoms with Crippen LogP contribution < -0.4 is 0 Å². The molecular formula is C17H16F3NO3. The van der Waals surface area contributed by atoms with Crippen molar-refractivity contribution in [1.82, 2.24) is 4.90 Å². The maximum Gasteiger partial charge on any atom is 0.416 e. The molecule has 0 spiro atoms. The number of carbonyl (C=O) groups is 1. The van der Waals surface area contributed by atoms with Crippen LogP contribution in [0.25, 0.3) is 0 Å². The third-order valence-corrected chi connectivity index (χ3v) is 4.22. The normalized spacial score (nSPS) is 21.3. The van der Waals surface area contributed by atoms with Crippen LogP contribution in [0.3, 0.4) is 0 Å². The minimum atomic E-state index is -4.53. The topological polar surface area (TPSA) is 53.7 Å². The average Bonchev–Trinajstić information content (AvgIpc) is 3.11. The summed E-state index contributed by atoms with van der Waals surface area (Å²) in [5.74, 6) is -0.436. The number of furan rings is 1. The van der Waals surface area contributed by atoms with Crippen LogP contribution in [0.1, 0.15) is 39.7 Å². The first-order valence-corrected chi connectivity index (χ1v) is 7.48. The van der Waals surface area contributed by atoms with E-state index in [1.165, 1.54) is 29.4 Å². The third kappa shape index (κ3) is 2.91. The van der Waals surface area contributed by atoms with Gasteiger partial charge in [-0.3, -0.25) is 4.79 Å². The molecule has 2 aromatic rings. The van der Waals surface area contributed by atoms with Gasteiger partial charge in [0, 0.05) is 12.1 Å². The van der Waals surface area contributed by atoms with Crippen LogP contribution in [0.4, 0.5) is 13.2 Å². The Balaban J connectivity index is 2.01. The highest BCUT2D eigenvalue weighted by Crippen LogP contribution is 2.41. The van der Waals surface area contributed by atoms with Gasteiger partial charge in [-0.05, 0) is 31.0 Å². The molecule has 1 fully saturated rings. The minimum absolute atomic E-state index is 0.0147. The molecular weight excluding hydrogens is 323 g/mol. The second kappa shape index (κ2) is 5.98. The summed E-state index contributed by atoms with van der Waals surface area (Å²) in [7, 11) is 0. The van der Waals surface area contributed by atoms with E-state index in [0.717, 1.165) is 6.07 Å². The fourth-order valence-corrected chi connectivity index (χ4v) is 3.10. The highest BCUT2D eigenvalue weighted by molar-refractivity contribution is 5.93. The van der Waals surface area contributed by atoms with E-state index in [0.29, 0.717) is 5.56 Å². The van der Waals surface area contributed by atoms with Crippen LogP contribution in [-0.4, -0.2) is 28.6 Å². The largest absolute Gasteiger partial charge is 0.459 e. The first kappa shape index (κ1) is 16.6. The van der Waals surface area contributed by atoms with Gasteiger partial charge in [-0.2, -0.15) is 13.2 Å². The van der Waals surface area contributed by atoms with E-state index in [9.17, 15) is 23.1 Å². The first-order chi connectivity index (χ1) is 11.3. The van der Waals surface area contributed by atoms with Crippen LogP contribution in [0.5, 0.6) is 0 Å². The molecule has 2 atom stereocenters. The third-order valence-electron chi connectivity index (χ3n) is 4.22. The van der Waals surface area contributed by atoms with E-state index in [4.69, 9.17) is 4.42 Å². The zero-order valence-corrected chi connectivity index (χ0v) is 12.9. The van der Waals surface area contributed by atoms with E-state index in [1.54, 1.807) is 13.0 Å². The van der Waals surface area contributed by atoms with Gasteiger partial charge in [-0.15, -0.1) is 0 Å². The molecule has 1 amide bonds. The summed E-state index contributed by atoms with van der Waals surface area (Å²) in [5.41, 5.74) is -0.207. The molecule has 128 valence electrons. The number of carbonyl (C=O) groups excluding carboxylic acids is 1. The number of aliphatic hydroxyl groups is 1. The SMILES string of the molecule is Cc1ccoc1C(=O)N1C[C@H](O)C[C@H]1c1ccccc1C(F)(F)F. The molecule has 0 radical (unpaired) electrons. The number of hydrogen-bond donors (Lipinski definition) is 1. The molecule has 1 aliphatic heterocycles. The molecule has 1 aromatic carbocycles. The van der Waals surface area contributed by atoms with Crippen molar-refractivity contribution in [1.29, 1.82) is 0 Å². The molecule has 0 saturated carbocycles. The van der Waals surface area contributed by atoms with E-state index in [2.05, 4.69) is 0 Å². The number of β-amino-alcohol motifs (C(OH)–C–C–N with tert-alkyl or cyclic N) is 1. The Kier molecular flexibility index (Phi) is 4.13. The predicted octanol–water partition coefficient (Wildman–Crippen LogP) is 3.55. The number of nitrogens with zero attached hydrogens (tertiary/aromatic N) is 1. The lowest BCUT2D eigenvalue weighted by molar-refractivity contribution is -0.138. The highest BCUT2D eigenvalue weighted by Gasteiger charge is 2.42. The number of benzene rings is 1. The van der Waals surface area contributed by atoms with Gasteiger partial charge in [-0.25, -0.2) is 0 Å². The van der Waals surface area contributed by atoms with Crippen molar-refractivity contribution < 1.29 is 27.5 Å². The molecule has 1 saturated heterocycles. The van der Waals surface area contributed by atoms with Crippen molar-refractivity contribution in [3.63, 3.8) is 0 Å². The number of alkyl halides is 3. The summed E-state index contributed by atoms with van der Waals surface area (Å²) in [4.78, 5) is 13.9. The minimum Gasteiger partial charge on any atom is -0.459 e. The fraction of sp³-hybridized carbons (Fsp3) is 0.353. The van der Waals surface area contributed by atoms with Crippen LogP contribution in [0.2, 0.25) is 0 Å². The van der Waals surface area contributed by atoms with Gasteiger partial charge in [0.15, 0.2) is 5.76 Å². The summed E-state index contributed by atoms with van der Waals surface area (Å²) in [5, 5.41) is 9.93. The summed E-state index contributed by atoms with van der Waals surface area (Å²) in [6.45, 7) is 1.65. The van der Waals surface area contributed by atoms with Gasteiger partial charge < -0.3 is 14.4 Å². The van der Waals surface area contributed by atoms with Crippen molar-refractivity contribution in [3.05, 3.63) is 59.0 Å². The molecule has 4 nitrogen and oxygen atoms in total. The zero-order chi connectivity index (χ0) is 17.5. The van der Waals surface area contributed by atoms with Crippen molar-refractivity contribution in [3.8, 4) is 0 Å². The maximum absolute atomic E-state index is 13.3. The number of halogens is 3. The highest BCUT2D eigenvalue weighted by atomic mass is 19.4. The molecule has 1 aromatic heterocycles. The molecule has 0 unspecified atom stereocenters. The van der Waals surface area contributed by atoms with E-state index < -0.39 is 29.8 Å².